The molecule has 0 aliphatic carbocycles. The SMILES string of the molecule is Cc1ccc(CNC(=O)c2csc(-c3ccc(OC(C)C)cc3)n2)cn1. The number of carbonyl (C=O) groups is 1. The minimum atomic E-state index is -0.187. The molecule has 0 saturated heterocycles. The summed E-state index contributed by atoms with van der Waals surface area (Å²) in [5.41, 5.74) is 3.30. The van der Waals surface area contributed by atoms with Crippen molar-refractivity contribution in [2.45, 2.75) is 33.4 Å². The summed E-state index contributed by atoms with van der Waals surface area (Å²) < 4.78 is 5.64. The number of carbonyl (C=O) groups excluding carboxylic acids is 1. The quantitative estimate of drug-likeness (QED) is 0.708. The highest BCUT2D eigenvalue weighted by Gasteiger charge is 2.12. The monoisotopic (exact) mass is 367 g/mol. The first-order chi connectivity index (χ1) is 12.5. The van der Waals surface area contributed by atoms with Crippen molar-refractivity contribution >= 4 is 17.2 Å². The molecule has 0 spiro atoms. The summed E-state index contributed by atoms with van der Waals surface area (Å²) >= 11 is 1.45. The minimum absolute atomic E-state index is 0.139. The molecule has 1 N–H and O–H groups in total. The normalized spacial score (nSPS) is 10.8. The number of amides is 1. The first-order valence-electron chi connectivity index (χ1n) is 8.43. The van der Waals surface area contributed by atoms with Crippen LogP contribution in [0.1, 0.15) is 35.6 Å². The average Bonchev–Trinajstić information content (AvgIpc) is 3.11. The largest absolute Gasteiger partial charge is 0.491 e. The minimum Gasteiger partial charge on any atom is -0.491 e. The molecule has 0 atom stereocenters. The van der Waals surface area contributed by atoms with Crippen LogP contribution in [0.3, 0.4) is 0 Å². The Bertz CT molecular complexity index is 871. The summed E-state index contributed by atoms with van der Waals surface area (Å²) in [5.74, 6) is 0.637. The van der Waals surface area contributed by atoms with Crippen LogP contribution in [-0.2, 0) is 6.54 Å². The van der Waals surface area contributed by atoms with Gasteiger partial charge in [-0.15, -0.1) is 11.3 Å². The summed E-state index contributed by atoms with van der Waals surface area (Å²) in [6.45, 7) is 6.35. The highest BCUT2D eigenvalue weighted by molar-refractivity contribution is 7.13. The van der Waals surface area contributed by atoms with E-state index in [-0.39, 0.29) is 12.0 Å². The van der Waals surface area contributed by atoms with Gasteiger partial charge in [-0.1, -0.05) is 6.07 Å². The smallest absolute Gasteiger partial charge is 0.271 e. The zero-order valence-electron chi connectivity index (χ0n) is 15.0. The predicted octanol–water partition coefficient (Wildman–Crippen LogP) is 4.23. The van der Waals surface area contributed by atoms with E-state index >= 15 is 0 Å². The molecule has 0 saturated carbocycles. The Morgan fingerprint density at radius 2 is 1.96 bits per heavy atom. The van der Waals surface area contributed by atoms with E-state index in [1.807, 2.05) is 57.2 Å². The first kappa shape index (κ1) is 18.1. The van der Waals surface area contributed by atoms with Crippen LogP contribution >= 0.6 is 11.3 Å². The third-order valence-electron chi connectivity index (χ3n) is 3.64. The number of rotatable bonds is 6. The number of benzene rings is 1. The van der Waals surface area contributed by atoms with Crippen LogP contribution in [-0.4, -0.2) is 22.0 Å². The van der Waals surface area contributed by atoms with Crippen LogP contribution < -0.4 is 10.1 Å². The zero-order valence-corrected chi connectivity index (χ0v) is 15.8. The zero-order chi connectivity index (χ0) is 18.5. The molecule has 6 heteroatoms. The van der Waals surface area contributed by atoms with E-state index < -0.39 is 0 Å². The second kappa shape index (κ2) is 8.10. The van der Waals surface area contributed by atoms with E-state index in [4.69, 9.17) is 4.74 Å². The van der Waals surface area contributed by atoms with E-state index in [9.17, 15) is 4.79 Å². The van der Waals surface area contributed by atoms with Gasteiger partial charge in [0.25, 0.3) is 5.91 Å². The maximum absolute atomic E-state index is 12.3. The van der Waals surface area contributed by atoms with Gasteiger partial charge in [-0.2, -0.15) is 0 Å². The van der Waals surface area contributed by atoms with E-state index in [1.165, 1.54) is 11.3 Å². The highest BCUT2D eigenvalue weighted by atomic mass is 32.1. The second-order valence-electron chi connectivity index (χ2n) is 6.22. The molecule has 5 nitrogen and oxygen atoms in total. The topological polar surface area (TPSA) is 64.1 Å². The van der Waals surface area contributed by atoms with E-state index in [1.54, 1.807) is 11.6 Å². The molecule has 0 radical (unpaired) electrons. The Morgan fingerprint density at radius 3 is 2.62 bits per heavy atom. The number of hydrogen-bond donors (Lipinski definition) is 1. The first-order valence-corrected chi connectivity index (χ1v) is 9.31. The van der Waals surface area contributed by atoms with Gasteiger partial charge in [-0.3, -0.25) is 9.78 Å². The van der Waals surface area contributed by atoms with Gasteiger partial charge in [-0.25, -0.2) is 4.98 Å². The molecular weight excluding hydrogens is 346 g/mol. The van der Waals surface area contributed by atoms with Crippen LogP contribution in [0, 0.1) is 6.92 Å². The van der Waals surface area contributed by atoms with Gasteiger partial charge in [0, 0.05) is 29.4 Å². The summed E-state index contributed by atoms with van der Waals surface area (Å²) in [7, 11) is 0. The summed E-state index contributed by atoms with van der Waals surface area (Å²) in [5, 5.41) is 5.46. The Labute approximate surface area is 157 Å². The number of aryl methyl sites for hydroxylation is 1. The van der Waals surface area contributed by atoms with Crippen molar-refractivity contribution in [3.05, 3.63) is 64.9 Å². The summed E-state index contributed by atoms with van der Waals surface area (Å²) in [6, 6.07) is 11.6. The van der Waals surface area contributed by atoms with Gasteiger partial charge in [-0.05, 0) is 56.7 Å². The molecular formula is C20H21N3O2S. The average molecular weight is 367 g/mol. The number of ether oxygens (including phenoxy) is 1. The van der Waals surface area contributed by atoms with Crippen LogP contribution in [0.2, 0.25) is 0 Å². The second-order valence-corrected chi connectivity index (χ2v) is 7.08. The van der Waals surface area contributed by atoms with Gasteiger partial charge in [0.2, 0.25) is 0 Å². The van der Waals surface area contributed by atoms with Crippen molar-refractivity contribution in [2.24, 2.45) is 0 Å². The fourth-order valence-electron chi connectivity index (χ4n) is 2.33. The maximum atomic E-state index is 12.3. The molecule has 0 aliphatic rings. The molecule has 3 aromatic rings. The Hall–Kier alpha value is -2.73. The van der Waals surface area contributed by atoms with E-state index in [0.717, 1.165) is 27.6 Å². The summed E-state index contributed by atoms with van der Waals surface area (Å²) in [4.78, 5) is 21.0. The number of aromatic nitrogens is 2. The van der Waals surface area contributed by atoms with Crippen molar-refractivity contribution < 1.29 is 9.53 Å². The Morgan fingerprint density at radius 1 is 1.19 bits per heavy atom. The third kappa shape index (κ3) is 4.67. The molecule has 3 rings (SSSR count). The molecule has 0 aliphatic heterocycles. The van der Waals surface area contributed by atoms with E-state index in [2.05, 4.69) is 15.3 Å². The van der Waals surface area contributed by atoms with Crippen molar-refractivity contribution in [2.75, 3.05) is 0 Å². The lowest BCUT2D eigenvalue weighted by Gasteiger charge is -2.09. The van der Waals surface area contributed by atoms with Crippen LogP contribution in [0.5, 0.6) is 5.75 Å². The van der Waals surface area contributed by atoms with Crippen molar-refractivity contribution in [3.8, 4) is 16.3 Å². The molecule has 2 heterocycles. The number of nitrogens with zero attached hydrogens (tertiary/aromatic N) is 2. The van der Waals surface area contributed by atoms with Gasteiger partial charge in [0.15, 0.2) is 0 Å². The van der Waals surface area contributed by atoms with Crippen molar-refractivity contribution in [1.29, 1.82) is 0 Å². The number of thiazole rings is 1. The summed E-state index contributed by atoms with van der Waals surface area (Å²) in [6.07, 6.45) is 1.91. The number of pyridine rings is 1. The third-order valence-corrected chi connectivity index (χ3v) is 4.53. The highest BCUT2D eigenvalue weighted by Crippen LogP contribution is 2.26. The fourth-order valence-corrected chi connectivity index (χ4v) is 3.14. The van der Waals surface area contributed by atoms with E-state index in [0.29, 0.717) is 12.2 Å². The molecule has 134 valence electrons. The van der Waals surface area contributed by atoms with Gasteiger partial charge >= 0.3 is 0 Å². The lowest BCUT2D eigenvalue weighted by Crippen LogP contribution is -2.23. The van der Waals surface area contributed by atoms with Crippen LogP contribution in [0.15, 0.2) is 48.0 Å². The predicted molar refractivity (Wildman–Crippen MR) is 103 cm³/mol. The van der Waals surface area contributed by atoms with Gasteiger partial charge < -0.3 is 10.1 Å². The van der Waals surface area contributed by atoms with Crippen molar-refractivity contribution in [3.63, 3.8) is 0 Å². The standard InChI is InChI=1S/C20H21N3O2S/c1-13(2)25-17-8-6-16(7-9-17)20-23-18(12-26-20)19(24)22-11-15-5-4-14(3)21-10-15/h4-10,12-13H,11H2,1-3H3,(H,22,24). The molecule has 1 amide bonds. The maximum Gasteiger partial charge on any atom is 0.271 e. The lowest BCUT2D eigenvalue weighted by atomic mass is 10.2. The molecule has 0 fully saturated rings. The molecule has 2 aromatic heterocycles. The van der Waals surface area contributed by atoms with Crippen LogP contribution in [0.25, 0.3) is 10.6 Å². The number of nitrogens with one attached hydrogen (secondary N) is 1. The van der Waals surface area contributed by atoms with Crippen LogP contribution in [0.4, 0.5) is 0 Å². The Balaban J connectivity index is 1.63. The molecule has 26 heavy (non-hydrogen) atoms. The Kier molecular flexibility index (Phi) is 5.63. The molecule has 1 aromatic carbocycles. The lowest BCUT2D eigenvalue weighted by molar-refractivity contribution is 0.0946. The number of hydrogen-bond acceptors (Lipinski definition) is 5. The fraction of sp³-hybridized carbons (Fsp3) is 0.250. The van der Waals surface area contributed by atoms with Gasteiger partial charge in [0.05, 0.1) is 6.10 Å². The molecule has 0 bridgehead atoms. The van der Waals surface area contributed by atoms with Gasteiger partial charge in [0.1, 0.15) is 16.5 Å². The molecule has 0 unspecified atom stereocenters. The van der Waals surface area contributed by atoms with Crippen molar-refractivity contribution in [1.82, 2.24) is 15.3 Å².